The zero-order chi connectivity index (χ0) is 21.8. The summed E-state index contributed by atoms with van der Waals surface area (Å²) in [7, 11) is 1.84. The van der Waals surface area contributed by atoms with Crippen LogP contribution < -0.4 is 0 Å². The minimum absolute atomic E-state index is 0.758. The third-order valence-electron chi connectivity index (χ3n) is 7.52. The number of methoxy groups -OCH3 is 1. The molecule has 0 N–H and O–H groups in total. The SMILES string of the molecule is C=C(C)CC(CCOC)C1CCC(CCc2ccc(CCCCC)cc2)CC1CC. The quantitative estimate of drug-likeness (QED) is 0.220. The van der Waals surface area contributed by atoms with Crippen molar-refractivity contribution in [3.63, 3.8) is 0 Å². The molecule has 170 valence electrons. The molecular weight excluding hydrogens is 364 g/mol. The molecule has 1 aliphatic carbocycles. The molecule has 1 heteroatoms. The highest BCUT2D eigenvalue weighted by atomic mass is 16.5. The molecule has 4 unspecified atom stereocenters. The van der Waals surface area contributed by atoms with Gasteiger partial charge in [-0.15, -0.1) is 6.58 Å². The molecule has 2 rings (SSSR count). The molecule has 1 nitrogen and oxygen atoms in total. The first-order valence-corrected chi connectivity index (χ1v) is 12.8. The van der Waals surface area contributed by atoms with Crippen molar-refractivity contribution in [3.8, 4) is 0 Å². The number of allylic oxidation sites excluding steroid dienone is 1. The Kier molecular flexibility index (Phi) is 11.8. The highest BCUT2D eigenvalue weighted by Gasteiger charge is 2.34. The first kappa shape index (κ1) is 25.2. The maximum Gasteiger partial charge on any atom is 0.0465 e. The Morgan fingerprint density at radius 2 is 1.77 bits per heavy atom. The first-order chi connectivity index (χ1) is 14.6. The van der Waals surface area contributed by atoms with E-state index in [-0.39, 0.29) is 0 Å². The summed E-state index contributed by atoms with van der Waals surface area (Å²) in [6.45, 7) is 12.0. The van der Waals surface area contributed by atoms with Crippen molar-refractivity contribution in [2.24, 2.45) is 23.7 Å². The van der Waals surface area contributed by atoms with Crippen molar-refractivity contribution in [1.82, 2.24) is 0 Å². The number of rotatable bonds is 14. The second-order valence-electron chi connectivity index (χ2n) is 10.0. The third-order valence-corrected chi connectivity index (χ3v) is 7.52. The van der Waals surface area contributed by atoms with Crippen LogP contribution >= 0.6 is 0 Å². The standard InChI is InChI=1S/C29H48O/c1-6-8-9-10-24-11-13-25(14-12-24)15-16-26-17-18-29(27(7-2)22-26)28(19-20-30-5)21-23(3)4/h11-14,26-29H,3,6-10,15-22H2,1-2,4-5H3. The van der Waals surface area contributed by atoms with Crippen LogP contribution in [-0.2, 0) is 17.6 Å². The molecule has 0 spiro atoms. The summed E-state index contributed by atoms with van der Waals surface area (Å²) < 4.78 is 5.43. The van der Waals surface area contributed by atoms with Gasteiger partial charge >= 0.3 is 0 Å². The van der Waals surface area contributed by atoms with E-state index in [0.29, 0.717) is 0 Å². The number of ether oxygens (including phenoxy) is 1. The lowest BCUT2D eigenvalue weighted by molar-refractivity contribution is 0.0874. The van der Waals surface area contributed by atoms with Gasteiger partial charge in [-0.2, -0.15) is 0 Å². The maximum absolute atomic E-state index is 5.43. The van der Waals surface area contributed by atoms with E-state index in [9.17, 15) is 0 Å². The van der Waals surface area contributed by atoms with Gasteiger partial charge in [0.25, 0.3) is 0 Å². The maximum atomic E-state index is 5.43. The number of hydrogen-bond donors (Lipinski definition) is 0. The molecule has 1 aromatic rings. The van der Waals surface area contributed by atoms with Gasteiger partial charge in [-0.3, -0.25) is 0 Å². The van der Waals surface area contributed by atoms with Gasteiger partial charge in [-0.1, -0.05) is 69.4 Å². The fourth-order valence-corrected chi connectivity index (χ4v) is 5.74. The third kappa shape index (κ3) is 8.58. The van der Waals surface area contributed by atoms with Crippen molar-refractivity contribution in [2.75, 3.05) is 13.7 Å². The van der Waals surface area contributed by atoms with E-state index < -0.39 is 0 Å². The van der Waals surface area contributed by atoms with E-state index in [1.807, 2.05) is 7.11 Å². The van der Waals surface area contributed by atoms with Crippen molar-refractivity contribution in [1.29, 1.82) is 0 Å². The molecule has 0 bridgehead atoms. The molecule has 30 heavy (non-hydrogen) atoms. The van der Waals surface area contributed by atoms with Crippen LogP contribution in [0.1, 0.15) is 96.1 Å². The molecule has 1 saturated carbocycles. The monoisotopic (exact) mass is 412 g/mol. The van der Waals surface area contributed by atoms with E-state index in [1.54, 1.807) is 0 Å². The number of hydrogen-bond acceptors (Lipinski definition) is 1. The topological polar surface area (TPSA) is 9.23 Å². The Morgan fingerprint density at radius 1 is 1.07 bits per heavy atom. The van der Waals surface area contributed by atoms with Crippen LogP contribution in [0, 0.1) is 23.7 Å². The predicted molar refractivity (Wildman–Crippen MR) is 132 cm³/mol. The van der Waals surface area contributed by atoms with Crippen LogP contribution in [0.3, 0.4) is 0 Å². The van der Waals surface area contributed by atoms with Crippen LogP contribution in [0.4, 0.5) is 0 Å². The molecule has 0 aliphatic heterocycles. The second-order valence-corrected chi connectivity index (χ2v) is 10.0. The zero-order valence-electron chi connectivity index (χ0n) is 20.4. The lowest BCUT2D eigenvalue weighted by Gasteiger charge is -2.40. The fourth-order valence-electron chi connectivity index (χ4n) is 5.74. The fraction of sp³-hybridized carbons (Fsp3) is 0.724. The Morgan fingerprint density at radius 3 is 2.37 bits per heavy atom. The van der Waals surface area contributed by atoms with E-state index in [1.165, 1.54) is 93.7 Å². The molecule has 1 aromatic carbocycles. The van der Waals surface area contributed by atoms with Gasteiger partial charge < -0.3 is 4.74 Å². The van der Waals surface area contributed by atoms with Gasteiger partial charge in [-0.25, -0.2) is 0 Å². The average molecular weight is 413 g/mol. The first-order valence-electron chi connectivity index (χ1n) is 12.8. The summed E-state index contributed by atoms with van der Waals surface area (Å²) >= 11 is 0. The van der Waals surface area contributed by atoms with Crippen LogP contribution in [0.15, 0.2) is 36.4 Å². The van der Waals surface area contributed by atoms with Crippen molar-refractivity contribution < 1.29 is 4.74 Å². The van der Waals surface area contributed by atoms with Crippen molar-refractivity contribution in [3.05, 3.63) is 47.5 Å². The minimum atomic E-state index is 0.758. The second kappa shape index (κ2) is 14.1. The molecule has 0 heterocycles. The number of aryl methyl sites for hydroxylation is 2. The largest absolute Gasteiger partial charge is 0.385 e. The Bertz CT molecular complexity index is 587. The molecule has 0 amide bonds. The smallest absolute Gasteiger partial charge is 0.0465 e. The van der Waals surface area contributed by atoms with Gasteiger partial charge in [0, 0.05) is 13.7 Å². The highest BCUT2D eigenvalue weighted by molar-refractivity contribution is 5.22. The Hall–Kier alpha value is -1.08. The summed E-state index contributed by atoms with van der Waals surface area (Å²) in [5.74, 6) is 3.41. The minimum Gasteiger partial charge on any atom is -0.385 e. The number of benzene rings is 1. The van der Waals surface area contributed by atoms with Crippen molar-refractivity contribution in [2.45, 2.75) is 97.8 Å². The Balaban J connectivity index is 1.84. The molecule has 0 radical (unpaired) electrons. The molecule has 0 aromatic heterocycles. The molecule has 4 atom stereocenters. The van der Waals surface area contributed by atoms with Gasteiger partial charge in [0.15, 0.2) is 0 Å². The van der Waals surface area contributed by atoms with Gasteiger partial charge in [0.05, 0.1) is 0 Å². The summed E-state index contributed by atoms with van der Waals surface area (Å²) in [6, 6.07) is 9.51. The summed E-state index contributed by atoms with van der Waals surface area (Å²) in [6.07, 6.45) is 15.8. The predicted octanol–water partition coefficient (Wildman–Crippen LogP) is 8.41. The Labute approximate surface area is 187 Å². The molecule has 0 saturated heterocycles. The normalized spacial score (nSPS) is 22.7. The van der Waals surface area contributed by atoms with E-state index in [2.05, 4.69) is 51.6 Å². The molecule has 1 aliphatic rings. The summed E-state index contributed by atoms with van der Waals surface area (Å²) in [4.78, 5) is 0. The average Bonchev–Trinajstić information content (AvgIpc) is 2.76. The van der Waals surface area contributed by atoms with Gasteiger partial charge in [0.1, 0.15) is 0 Å². The zero-order valence-corrected chi connectivity index (χ0v) is 20.4. The van der Waals surface area contributed by atoms with Crippen LogP contribution in [0.2, 0.25) is 0 Å². The highest BCUT2D eigenvalue weighted by Crippen LogP contribution is 2.44. The van der Waals surface area contributed by atoms with E-state index in [0.717, 1.165) is 30.3 Å². The van der Waals surface area contributed by atoms with Crippen LogP contribution in [-0.4, -0.2) is 13.7 Å². The van der Waals surface area contributed by atoms with Crippen molar-refractivity contribution >= 4 is 0 Å². The van der Waals surface area contributed by atoms with E-state index >= 15 is 0 Å². The molecule has 1 fully saturated rings. The number of unbranched alkanes of at least 4 members (excludes halogenated alkanes) is 2. The van der Waals surface area contributed by atoms with Gasteiger partial charge in [-0.05, 0) is 93.1 Å². The summed E-state index contributed by atoms with van der Waals surface area (Å²) in [5.41, 5.74) is 4.38. The van der Waals surface area contributed by atoms with Gasteiger partial charge in [0.2, 0.25) is 0 Å². The van der Waals surface area contributed by atoms with E-state index in [4.69, 9.17) is 4.74 Å². The van der Waals surface area contributed by atoms with Crippen LogP contribution in [0.25, 0.3) is 0 Å². The van der Waals surface area contributed by atoms with Crippen LogP contribution in [0.5, 0.6) is 0 Å². The summed E-state index contributed by atoms with van der Waals surface area (Å²) in [5, 5.41) is 0. The lowest BCUT2D eigenvalue weighted by atomic mass is 9.65. The molecular formula is C29H48O. The lowest BCUT2D eigenvalue weighted by Crippen LogP contribution is -2.31.